The number of rotatable bonds is 5. The predicted molar refractivity (Wildman–Crippen MR) is 131 cm³/mol. The molecule has 3 fully saturated rings. The predicted octanol–water partition coefficient (Wildman–Crippen LogP) is 5.22. The molecule has 2 atom stereocenters. The molecule has 178 valence electrons. The van der Waals surface area contributed by atoms with Crippen LogP contribution >= 0.6 is 0 Å². The molecule has 3 aliphatic carbocycles. The number of methoxy groups -OCH3 is 1. The Labute approximate surface area is 202 Å². The van der Waals surface area contributed by atoms with E-state index in [1.807, 2.05) is 36.4 Å². The SMILES string of the molecule is COC(=O)C1C2CCC(CC2)C1Nc1cc(-c2ccccc2)nc(-c2c[nH]c3ncc(F)cc23)n1. The van der Waals surface area contributed by atoms with E-state index in [-0.39, 0.29) is 17.9 Å². The third-order valence-corrected chi connectivity index (χ3v) is 7.54. The molecule has 1 aromatic carbocycles. The molecule has 4 aromatic rings. The molecule has 2 N–H and O–H groups in total. The molecule has 2 bridgehead atoms. The Kier molecular flexibility index (Phi) is 5.43. The fourth-order valence-corrected chi connectivity index (χ4v) is 5.86. The van der Waals surface area contributed by atoms with Crippen LogP contribution in [0, 0.1) is 23.6 Å². The second-order valence-corrected chi connectivity index (χ2v) is 9.47. The highest BCUT2D eigenvalue weighted by Gasteiger charge is 2.48. The van der Waals surface area contributed by atoms with Crippen LogP contribution in [-0.4, -0.2) is 39.1 Å². The standard InChI is InChI=1S/C27H26FN5O2/c1-35-27(34)23-16-7-9-17(10-8-16)24(23)32-22-12-21(15-5-3-2-4-6-15)31-26(33-22)20-14-30-25-19(20)11-18(28)13-29-25/h2-6,11-14,16-17,23-24H,7-10H2,1H3,(H,29,30)(H,31,32,33). The van der Waals surface area contributed by atoms with Crippen LogP contribution in [0.25, 0.3) is 33.7 Å². The summed E-state index contributed by atoms with van der Waals surface area (Å²) in [5.41, 5.74) is 2.92. The number of hydrogen-bond donors (Lipinski definition) is 2. The zero-order chi connectivity index (χ0) is 23.9. The summed E-state index contributed by atoms with van der Waals surface area (Å²) in [5.74, 6) is 1.03. The molecule has 2 unspecified atom stereocenters. The van der Waals surface area contributed by atoms with E-state index in [1.54, 1.807) is 6.20 Å². The number of nitrogens with one attached hydrogen (secondary N) is 2. The first kappa shape index (κ1) is 21.7. The third-order valence-electron chi connectivity index (χ3n) is 7.54. The number of esters is 1. The van der Waals surface area contributed by atoms with Crippen molar-refractivity contribution in [2.45, 2.75) is 31.7 Å². The lowest BCUT2D eigenvalue weighted by molar-refractivity contribution is -0.152. The first-order valence-electron chi connectivity index (χ1n) is 12.0. The normalized spacial score (nSPS) is 23.4. The van der Waals surface area contributed by atoms with Crippen LogP contribution in [0.2, 0.25) is 0 Å². The second kappa shape index (κ2) is 8.76. The van der Waals surface area contributed by atoms with Gasteiger partial charge in [0.15, 0.2) is 5.82 Å². The lowest BCUT2D eigenvalue weighted by Crippen LogP contribution is -2.51. The first-order valence-corrected chi connectivity index (χ1v) is 12.0. The lowest BCUT2D eigenvalue weighted by Gasteiger charge is -2.47. The summed E-state index contributed by atoms with van der Waals surface area (Å²) in [4.78, 5) is 29.6. The number of fused-ring (bicyclic) bond motifs is 4. The summed E-state index contributed by atoms with van der Waals surface area (Å²) in [6, 6.07) is 13.2. The summed E-state index contributed by atoms with van der Waals surface area (Å²) in [7, 11) is 1.46. The molecule has 0 aliphatic heterocycles. The van der Waals surface area contributed by atoms with Crippen molar-refractivity contribution in [1.82, 2.24) is 19.9 Å². The number of nitrogens with zero attached hydrogens (tertiary/aromatic N) is 3. The fraction of sp³-hybridized carbons (Fsp3) is 0.333. The minimum atomic E-state index is -0.421. The number of aromatic nitrogens is 4. The Hall–Kier alpha value is -3.81. The van der Waals surface area contributed by atoms with E-state index in [1.165, 1.54) is 19.4 Å². The maximum atomic E-state index is 14.0. The average molecular weight is 472 g/mol. The molecule has 7 nitrogen and oxygen atoms in total. The van der Waals surface area contributed by atoms with Gasteiger partial charge in [-0.15, -0.1) is 0 Å². The molecule has 3 aromatic heterocycles. The van der Waals surface area contributed by atoms with Gasteiger partial charge in [-0.2, -0.15) is 0 Å². The summed E-state index contributed by atoms with van der Waals surface area (Å²) in [6.45, 7) is 0. The summed E-state index contributed by atoms with van der Waals surface area (Å²) in [5, 5.41) is 4.21. The quantitative estimate of drug-likeness (QED) is 0.388. The van der Waals surface area contributed by atoms with Crippen molar-refractivity contribution in [2.75, 3.05) is 12.4 Å². The van der Waals surface area contributed by atoms with Crippen molar-refractivity contribution in [1.29, 1.82) is 0 Å². The highest BCUT2D eigenvalue weighted by atomic mass is 19.1. The zero-order valence-electron chi connectivity index (χ0n) is 19.4. The van der Waals surface area contributed by atoms with Crippen molar-refractivity contribution >= 4 is 22.8 Å². The molecule has 3 saturated carbocycles. The Morgan fingerprint density at radius 3 is 2.63 bits per heavy atom. The molecule has 8 heteroatoms. The van der Waals surface area contributed by atoms with Crippen LogP contribution in [0.15, 0.2) is 54.9 Å². The first-order chi connectivity index (χ1) is 17.1. The van der Waals surface area contributed by atoms with Crippen molar-refractivity contribution in [2.24, 2.45) is 17.8 Å². The van der Waals surface area contributed by atoms with Gasteiger partial charge in [-0.3, -0.25) is 4.79 Å². The van der Waals surface area contributed by atoms with Crippen LogP contribution < -0.4 is 5.32 Å². The van der Waals surface area contributed by atoms with E-state index >= 15 is 0 Å². The minimum Gasteiger partial charge on any atom is -0.469 e. The van der Waals surface area contributed by atoms with E-state index in [2.05, 4.69) is 15.3 Å². The van der Waals surface area contributed by atoms with Crippen LogP contribution in [0.4, 0.5) is 10.2 Å². The summed E-state index contributed by atoms with van der Waals surface area (Å²) in [6.07, 6.45) is 7.23. The smallest absolute Gasteiger partial charge is 0.311 e. The Bertz CT molecular complexity index is 1380. The van der Waals surface area contributed by atoms with Gasteiger partial charge in [-0.25, -0.2) is 19.3 Å². The Morgan fingerprint density at radius 1 is 1.09 bits per heavy atom. The van der Waals surface area contributed by atoms with Gasteiger partial charge in [0.05, 0.1) is 24.9 Å². The van der Waals surface area contributed by atoms with Gasteiger partial charge >= 0.3 is 5.97 Å². The number of aromatic amines is 1. The lowest BCUT2D eigenvalue weighted by atomic mass is 9.61. The largest absolute Gasteiger partial charge is 0.469 e. The zero-order valence-corrected chi connectivity index (χ0v) is 19.4. The number of hydrogen-bond acceptors (Lipinski definition) is 6. The number of H-pyrrole nitrogens is 1. The van der Waals surface area contributed by atoms with Crippen molar-refractivity contribution in [3.8, 4) is 22.6 Å². The number of carbonyl (C=O) groups excluding carboxylic acids is 1. The van der Waals surface area contributed by atoms with E-state index < -0.39 is 5.82 Å². The van der Waals surface area contributed by atoms with E-state index in [0.717, 1.165) is 36.9 Å². The van der Waals surface area contributed by atoms with E-state index in [4.69, 9.17) is 14.7 Å². The number of anilines is 1. The molecule has 0 amide bonds. The van der Waals surface area contributed by atoms with Crippen molar-refractivity contribution < 1.29 is 13.9 Å². The summed E-state index contributed by atoms with van der Waals surface area (Å²) < 4.78 is 19.2. The fourth-order valence-electron chi connectivity index (χ4n) is 5.86. The highest BCUT2D eigenvalue weighted by molar-refractivity contribution is 5.92. The van der Waals surface area contributed by atoms with E-state index in [0.29, 0.717) is 40.1 Å². The van der Waals surface area contributed by atoms with Crippen molar-refractivity contribution in [3.05, 3.63) is 60.7 Å². The Balaban J connectivity index is 1.45. The monoisotopic (exact) mass is 471 g/mol. The van der Waals surface area contributed by atoms with Gasteiger partial charge < -0.3 is 15.0 Å². The number of pyridine rings is 1. The van der Waals surface area contributed by atoms with Gasteiger partial charge in [0.2, 0.25) is 0 Å². The van der Waals surface area contributed by atoms with E-state index in [9.17, 15) is 9.18 Å². The third kappa shape index (κ3) is 3.92. The molecule has 0 radical (unpaired) electrons. The van der Waals surface area contributed by atoms with Gasteiger partial charge in [0.25, 0.3) is 0 Å². The van der Waals surface area contributed by atoms with Crippen molar-refractivity contribution in [3.63, 3.8) is 0 Å². The average Bonchev–Trinajstić information content (AvgIpc) is 3.32. The molecule has 0 saturated heterocycles. The Morgan fingerprint density at radius 2 is 1.86 bits per heavy atom. The molecular formula is C27H26FN5O2. The molecular weight excluding hydrogens is 445 g/mol. The van der Waals surface area contributed by atoms with Crippen LogP contribution in [0.3, 0.4) is 0 Å². The second-order valence-electron chi connectivity index (χ2n) is 9.47. The molecule has 35 heavy (non-hydrogen) atoms. The number of benzene rings is 1. The van der Waals surface area contributed by atoms with Crippen LogP contribution in [0.5, 0.6) is 0 Å². The number of halogens is 1. The highest BCUT2D eigenvalue weighted by Crippen LogP contribution is 2.46. The van der Waals surface area contributed by atoms with Gasteiger partial charge in [0.1, 0.15) is 17.3 Å². The van der Waals surface area contributed by atoms with Crippen LogP contribution in [0.1, 0.15) is 25.7 Å². The molecule has 3 heterocycles. The number of carbonyl (C=O) groups is 1. The maximum absolute atomic E-state index is 14.0. The van der Waals surface area contributed by atoms with Gasteiger partial charge in [-0.1, -0.05) is 30.3 Å². The van der Waals surface area contributed by atoms with Crippen LogP contribution in [-0.2, 0) is 9.53 Å². The number of ether oxygens (including phenoxy) is 1. The molecule has 0 spiro atoms. The minimum absolute atomic E-state index is 0.0524. The maximum Gasteiger partial charge on any atom is 0.311 e. The summed E-state index contributed by atoms with van der Waals surface area (Å²) >= 11 is 0. The van der Waals surface area contributed by atoms with Gasteiger partial charge in [0, 0.05) is 34.8 Å². The molecule has 7 rings (SSSR count). The molecule has 3 aliphatic rings. The van der Waals surface area contributed by atoms with Gasteiger partial charge in [-0.05, 0) is 43.6 Å². The topological polar surface area (TPSA) is 92.8 Å².